The molecule has 0 bridgehead atoms. The summed E-state index contributed by atoms with van der Waals surface area (Å²) in [5.41, 5.74) is 1.22. The molecule has 0 unspecified atom stereocenters. The van der Waals surface area contributed by atoms with E-state index >= 15 is 0 Å². The molecule has 0 radical (unpaired) electrons. The standard InChI is InChI=1S/C22H36O2/c1-2-3-4-5-6-7-8-9-10-11-15-18-22(23)24-20-19-21-16-13-12-14-17-21/h12-14,16-17H,2-11,15,18-20H2,1H3. The Morgan fingerprint density at radius 3 is 1.92 bits per heavy atom. The van der Waals surface area contributed by atoms with Gasteiger partial charge >= 0.3 is 5.97 Å². The third-order valence-electron chi connectivity index (χ3n) is 4.48. The van der Waals surface area contributed by atoms with Crippen molar-refractivity contribution in [2.24, 2.45) is 0 Å². The van der Waals surface area contributed by atoms with Crippen molar-refractivity contribution in [2.75, 3.05) is 6.61 Å². The van der Waals surface area contributed by atoms with Crippen LogP contribution in [0.15, 0.2) is 30.3 Å². The van der Waals surface area contributed by atoms with Crippen molar-refractivity contribution < 1.29 is 9.53 Å². The third kappa shape index (κ3) is 12.2. The maximum atomic E-state index is 11.7. The monoisotopic (exact) mass is 332 g/mol. The highest BCUT2D eigenvalue weighted by Gasteiger charge is 2.02. The Morgan fingerprint density at radius 2 is 1.33 bits per heavy atom. The summed E-state index contributed by atoms with van der Waals surface area (Å²) in [5, 5.41) is 0. The first-order valence-corrected chi connectivity index (χ1v) is 10.0. The Bertz CT molecular complexity index is 400. The van der Waals surface area contributed by atoms with Gasteiger partial charge in [0.1, 0.15) is 0 Å². The van der Waals surface area contributed by atoms with E-state index in [2.05, 4.69) is 19.1 Å². The number of rotatable bonds is 15. The van der Waals surface area contributed by atoms with Crippen LogP contribution in [0.2, 0.25) is 0 Å². The third-order valence-corrected chi connectivity index (χ3v) is 4.48. The highest BCUT2D eigenvalue weighted by Crippen LogP contribution is 2.12. The lowest BCUT2D eigenvalue weighted by molar-refractivity contribution is -0.143. The number of carbonyl (C=O) groups is 1. The van der Waals surface area contributed by atoms with Crippen molar-refractivity contribution in [1.29, 1.82) is 0 Å². The molecule has 0 aliphatic rings. The summed E-state index contributed by atoms with van der Waals surface area (Å²) < 4.78 is 5.30. The molecule has 2 heteroatoms. The average Bonchev–Trinajstić information content (AvgIpc) is 2.60. The smallest absolute Gasteiger partial charge is 0.305 e. The number of benzene rings is 1. The largest absolute Gasteiger partial charge is 0.465 e. The topological polar surface area (TPSA) is 26.3 Å². The molecule has 0 aliphatic heterocycles. The van der Waals surface area contributed by atoms with Crippen LogP contribution < -0.4 is 0 Å². The minimum Gasteiger partial charge on any atom is -0.465 e. The zero-order valence-corrected chi connectivity index (χ0v) is 15.6. The molecule has 0 saturated heterocycles. The minimum atomic E-state index is -0.0399. The van der Waals surface area contributed by atoms with Crippen LogP contribution in [0.3, 0.4) is 0 Å². The van der Waals surface area contributed by atoms with Crippen molar-refractivity contribution in [2.45, 2.75) is 90.4 Å². The number of hydrogen-bond acceptors (Lipinski definition) is 2. The van der Waals surface area contributed by atoms with Gasteiger partial charge in [-0.25, -0.2) is 0 Å². The van der Waals surface area contributed by atoms with E-state index in [1.165, 1.54) is 63.4 Å². The van der Waals surface area contributed by atoms with E-state index in [0.29, 0.717) is 13.0 Å². The van der Waals surface area contributed by atoms with Crippen molar-refractivity contribution in [1.82, 2.24) is 0 Å². The molecule has 0 atom stereocenters. The normalized spacial score (nSPS) is 10.7. The van der Waals surface area contributed by atoms with E-state index in [1.807, 2.05) is 18.2 Å². The van der Waals surface area contributed by atoms with Gasteiger partial charge in [-0.3, -0.25) is 4.79 Å². The zero-order chi connectivity index (χ0) is 17.3. The van der Waals surface area contributed by atoms with Gasteiger partial charge in [0, 0.05) is 12.8 Å². The molecule has 0 spiro atoms. The van der Waals surface area contributed by atoms with Crippen LogP contribution in [-0.2, 0) is 16.0 Å². The fourth-order valence-electron chi connectivity index (χ4n) is 2.93. The second-order valence-electron chi connectivity index (χ2n) is 6.74. The first kappa shape index (κ1) is 20.7. The molecule has 0 N–H and O–H groups in total. The molecule has 0 heterocycles. The first-order valence-electron chi connectivity index (χ1n) is 10.0. The Morgan fingerprint density at radius 1 is 0.792 bits per heavy atom. The number of esters is 1. The van der Waals surface area contributed by atoms with Gasteiger partial charge in [0.05, 0.1) is 6.61 Å². The molecular weight excluding hydrogens is 296 g/mol. The molecule has 136 valence electrons. The summed E-state index contributed by atoms with van der Waals surface area (Å²) in [6.07, 6.45) is 15.7. The van der Waals surface area contributed by atoms with Crippen molar-refractivity contribution in [3.8, 4) is 0 Å². The van der Waals surface area contributed by atoms with E-state index in [0.717, 1.165) is 19.3 Å². The first-order chi connectivity index (χ1) is 11.8. The van der Waals surface area contributed by atoms with Gasteiger partial charge in [-0.2, -0.15) is 0 Å². The highest BCUT2D eigenvalue weighted by atomic mass is 16.5. The number of hydrogen-bond donors (Lipinski definition) is 0. The van der Waals surface area contributed by atoms with Crippen LogP contribution in [-0.4, -0.2) is 12.6 Å². The summed E-state index contributed by atoms with van der Waals surface area (Å²) in [5.74, 6) is -0.0399. The number of unbranched alkanes of at least 4 members (excludes halogenated alkanes) is 10. The Labute approximate surface area is 149 Å². The zero-order valence-electron chi connectivity index (χ0n) is 15.6. The van der Waals surface area contributed by atoms with Crippen LogP contribution >= 0.6 is 0 Å². The molecule has 0 fully saturated rings. The Hall–Kier alpha value is -1.31. The molecule has 1 aromatic carbocycles. The van der Waals surface area contributed by atoms with Crippen molar-refractivity contribution >= 4 is 5.97 Å². The van der Waals surface area contributed by atoms with Crippen LogP contribution in [0.1, 0.15) is 89.5 Å². The molecule has 24 heavy (non-hydrogen) atoms. The summed E-state index contributed by atoms with van der Waals surface area (Å²) in [6, 6.07) is 10.2. The van der Waals surface area contributed by atoms with Gasteiger partial charge in [0.2, 0.25) is 0 Å². The summed E-state index contributed by atoms with van der Waals surface area (Å²) in [7, 11) is 0. The van der Waals surface area contributed by atoms with Gasteiger partial charge in [-0.05, 0) is 12.0 Å². The van der Waals surface area contributed by atoms with E-state index in [4.69, 9.17) is 4.74 Å². The van der Waals surface area contributed by atoms with Crippen LogP contribution in [0.25, 0.3) is 0 Å². The maximum Gasteiger partial charge on any atom is 0.305 e. The van der Waals surface area contributed by atoms with Gasteiger partial charge in [0.15, 0.2) is 0 Å². The van der Waals surface area contributed by atoms with E-state index in [1.54, 1.807) is 0 Å². The van der Waals surface area contributed by atoms with Gasteiger partial charge in [-0.15, -0.1) is 0 Å². The average molecular weight is 333 g/mol. The van der Waals surface area contributed by atoms with Crippen molar-refractivity contribution in [3.63, 3.8) is 0 Å². The van der Waals surface area contributed by atoms with Gasteiger partial charge in [0.25, 0.3) is 0 Å². The highest BCUT2D eigenvalue weighted by molar-refractivity contribution is 5.69. The summed E-state index contributed by atoms with van der Waals surface area (Å²) >= 11 is 0. The van der Waals surface area contributed by atoms with E-state index < -0.39 is 0 Å². The fraction of sp³-hybridized carbons (Fsp3) is 0.682. The predicted octanol–water partition coefficient (Wildman–Crippen LogP) is 6.47. The van der Waals surface area contributed by atoms with Crippen molar-refractivity contribution in [3.05, 3.63) is 35.9 Å². The molecule has 0 aromatic heterocycles. The molecule has 0 saturated carbocycles. The van der Waals surface area contributed by atoms with Crippen LogP contribution in [0.4, 0.5) is 0 Å². The van der Waals surface area contributed by atoms with Crippen LogP contribution in [0, 0.1) is 0 Å². The quantitative estimate of drug-likeness (QED) is 0.271. The second-order valence-corrected chi connectivity index (χ2v) is 6.74. The second kappa shape index (κ2) is 15.2. The van der Waals surface area contributed by atoms with Gasteiger partial charge < -0.3 is 4.74 Å². The number of carbonyl (C=O) groups excluding carboxylic acids is 1. The molecular formula is C22H36O2. The maximum absolute atomic E-state index is 11.7. The van der Waals surface area contributed by atoms with E-state index in [9.17, 15) is 4.79 Å². The lowest BCUT2D eigenvalue weighted by atomic mass is 10.1. The lowest BCUT2D eigenvalue weighted by Crippen LogP contribution is -2.07. The summed E-state index contributed by atoms with van der Waals surface area (Å²) in [6.45, 7) is 2.76. The number of ether oxygens (including phenoxy) is 1. The fourth-order valence-corrected chi connectivity index (χ4v) is 2.93. The Kier molecular flexibility index (Phi) is 13.2. The molecule has 0 aliphatic carbocycles. The van der Waals surface area contributed by atoms with Gasteiger partial charge in [-0.1, -0.05) is 101 Å². The molecule has 2 nitrogen and oxygen atoms in total. The minimum absolute atomic E-state index is 0.0399. The molecule has 0 amide bonds. The van der Waals surface area contributed by atoms with Crippen LogP contribution in [0.5, 0.6) is 0 Å². The van der Waals surface area contributed by atoms with E-state index in [-0.39, 0.29) is 5.97 Å². The molecule has 1 aromatic rings. The summed E-state index contributed by atoms with van der Waals surface area (Å²) in [4.78, 5) is 11.7. The SMILES string of the molecule is CCCCCCCCCCCCCC(=O)OCCc1ccccc1. The Balaban J connectivity index is 1.82. The predicted molar refractivity (Wildman–Crippen MR) is 102 cm³/mol. The molecule has 1 rings (SSSR count). The lowest BCUT2D eigenvalue weighted by Gasteiger charge is -2.05.